The third-order valence-electron chi connectivity index (χ3n) is 4.33. The average molecular weight is 351 g/mol. The molecule has 0 aliphatic heterocycles. The molecule has 0 saturated heterocycles. The minimum atomic E-state index is 0.0382. The predicted octanol–water partition coefficient (Wildman–Crippen LogP) is 4.50. The van der Waals surface area contributed by atoms with Crippen LogP contribution in [0.3, 0.4) is 0 Å². The van der Waals surface area contributed by atoms with E-state index in [1.165, 1.54) is 0 Å². The molecular weight excluding hydrogens is 336 g/mol. The second-order valence-electron chi connectivity index (χ2n) is 5.91. The number of nitrogens with zero attached hydrogens (tertiary/aromatic N) is 4. The maximum Gasteiger partial charge on any atom is 0.180 e. The number of carbonyl (C=O) groups is 1. The Morgan fingerprint density at radius 3 is 2.80 bits per heavy atom. The largest absolute Gasteiger partial charge is 0.292 e. The number of aromatic nitrogens is 4. The number of hydrogen-bond acceptors (Lipinski definition) is 4. The second kappa shape index (κ2) is 5.93. The molecule has 0 amide bonds. The van der Waals surface area contributed by atoms with Crippen LogP contribution in [-0.2, 0) is 0 Å². The smallest absolute Gasteiger partial charge is 0.180 e. The molecule has 0 atom stereocenters. The Bertz CT molecular complexity index is 1130. The molecule has 0 aromatic carbocycles. The van der Waals surface area contributed by atoms with Crippen LogP contribution in [-0.4, -0.2) is 25.4 Å². The number of ketones is 1. The molecule has 0 fully saturated rings. The van der Waals surface area contributed by atoms with E-state index in [2.05, 4.69) is 15.1 Å². The third-order valence-corrected chi connectivity index (χ3v) is 4.54. The number of halogens is 1. The molecular formula is C19H15ClN4O. The molecule has 0 saturated carbocycles. The van der Waals surface area contributed by atoms with E-state index >= 15 is 0 Å². The predicted molar refractivity (Wildman–Crippen MR) is 98.1 cm³/mol. The van der Waals surface area contributed by atoms with Crippen LogP contribution in [0.4, 0.5) is 0 Å². The number of hydrogen-bond donors (Lipinski definition) is 0. The fourth-order valence-corrected chi connectivity index (χ4v) is 3.19. The van der Waals surface area contributed by atoms with Gasteiger partial charge in [0, 0.05) is 35.2 Å². The SMILES string of the molecule is CCC(=O)c1cc(C)c(-c2cc3cnc(Cl)cc3c3ccnn23)cn1. The minimum absolute atomic E-state index is 0.0382. The summed E-state index contributed by atoms with van der Waals surface area (Å²) >= 11 is 6.05. The van der Waals surface area contributed by atoms with E-state index in [1.807, 2.05) is 42.6 Å². The summed E-state index contributed by atoms with van der Waals surface area (Å²) in [6, 6.07) is 7.64. The zero-order chi connectivity index (χ0) is 17.6. The summed E-state index contributed by atoms with van der Waals surface area (Å²) < 4.78 is 1.87. The van der Waals surface area contributed by atoms with Gasteiger partial charge in [0.1, 0.15) is 10.8 Å². The Kier molecular flexibility index (Phi) is 3.73. The first kappa shape index (κ1) is 15.7. The quantitative estimate of drug-likeness (QED) is 0.403. The highest BCUT2D eigenvalue weighted by atomic mass is 35.5. The van der Waals surface area contributed by atoms with Crippen LogP contribution in [0.25, 0.3) is 27.5 Å². The van der Waals surface area contributed by atoms with Crippen molar-refractivity contribution in [2.75, 3.05) is 0 Å². The zero-order valence-corrected chi connectivity index (χ0v) is 14.6. The Labute approximate surface area is 149 Å². The second-order valence-corrected chi connectivity index (χ2v) is 6.30. The van der Waals surface area contributed by atoms with Gasteiger partial charge in [0.2, 0.25) is 0 Å². The van der Waals surface area contributed by atoms with Crippen LogP contribution in [0.2, 0.25) is 5.15 Å². The van der Waals surface area contributed by atoms with Crippen molar-refractivity contribution < 1.29 is 4.79 Å². The maximum absolute atomic E-state index is 11.9. The van der Waals surface area contributed by atoms with Crippen molar-refractivity contribution in [2.45, 2.75) is 20.3 Å². The molecule has 0 radical (unpaired) electrons. The van der Waals surface area contributed by atoms with Gasteiger partial charge < -0.3 is 0 Å². The minimum Gasteiger partial charge on any atom is -0.292 e. The highest BCUT2D eigenvalue weighted by Gasteiger charge is 2.14. The van der Waals surface area contributed by atoms with Gasteiger partial charge >= 0.3 is 0 Å². The van der Waals surface area contributed by atoms with Crippen LogP contribution < -0.4 is 0 Å². The first-order valence-electron chi connectivity index (χ1n) is 8.00. The monoisotopic (exact) mass is 350 g/mol. The third kappa shape index (κ3) is 2.57. The molecule has 0 aliphatic rings. The highest BCUT2D eigenvalue weighted by molar-refractivity contribution is 6.30. The normalized spacial score (nSPS) is 11.3. The van der Waals surface area contributed by atoms with E-state index in [9.17, 15) is 4.79 Å². The van der Waals surface area contributed by atoms with Crippen LogP contribution in [0.5, 0.6) is 0 Å². The lowest BCUT2D eigenvalue weighted by molar-refractivity contribution is 0.0983. The van der Waals surface area contributed by atoms with Crippen LogP contribution in [0.15, 0.2) is 42.9 Å². The molecule has 6 heteroatoms. The van der Waals surface area contributed by atoms with Crippen LogP contribution in [0.1, 0.15) is 29.4 Å². The average Bonchev–Trinajstić information content (AvgIpc) is 3.11. The van der Waals surface area contributed by atoms with Gasteiger partial charge in [0.05, 0.1) is 17.4 Å². The molecule has 124 valence electrons. The van der Waals surface area contributed by atoms with E-state index in [1.54, 1.807) is 18.6 Å². The number of rotatable bonds is 3. The Balaban J connectivity index is 1.99. The number of carbonyl (C=O) groups excluding carboxylic acids is 1. The van der Waals surface area contributed by atoms with Gasteiger partial charge in [-0.15, -0.1) is 0 Å². The van der Waals surface area contributed by atoms with Crippen molar-refractivity contribution in [3.63, 3.8) is 0 Å². The summed E-state index contributed by atoms with van der Waals surface area (Å²) in [5, 5.41) is 6.86. The highest BCUT2D eigenvalue weighted by Crippen LogP contribution is 2.30. The lowest BCUT2D eigenvalue weighted by atomic mass is 10.0. The van der Waals surface area contributed by atoms with Crippen molar-refractivity contribution in [2.24, 2.45) is 0 Å². The number of pyridine rings is 3. The van der Waals surface area contributed by atoms with Gasteiger partial charge in [-0.05, 0) is 36.8 Å². The number of fused-ring (bicyclic) bond motifs is 3. The zero-order valence-electron chi connectivity index (χ0n) is 13.8. The summed E-state index contributed by atoms with van der Waals surface area (Å²) in [6.07, 6.45) is 5.69. The van der Waals surface area contributed by atoms with Gasteiger partial charge in [-0.25, -0.2) is 9.50 Å². The molecule has 4 aromatic heterocycles. The first-order valence-corrected chi connectivity index (χ1v) is 8.38. The summed E-state index contributed by atoms with van der Waals surface area (Å²) in [5.41, 5.74) is 4.25. The molecule has 0 N–H and O–H groups in total. The van der Waals surface area contributed by atoms with E-state index in [4.69, 9.17) is 11.6 Å². The van der Waals surface area contributed by atoms with E-state index in [-0.39, 0.29) is 5.78 Å². The van der Waals surface area contributed by atoms with Crippen LogP contribution in [0, 0.1) is 6.92 Å². The van der Waals surface area contributed by atoms with Crippen molar-refractivity contribution in [3.05, 3.63) is 59.3 Å². The fraction of sp³-hybridized carbons (Fsp3) is 0.158. The molecule has 25 heavy (non-hydrogen) atoms. The van der Waals surface area contributed by atoms with E-state index < -0.39 is 0 Å². The standard InChI is InChI=1S/C19H15ClN4O/c1-3-18(25)15-6-11(2)14(10-21-15)17-7-12-9-22-19(20)8-13(12)16-4-5-23-24(16)17/h4-10H,3H2,1-2H3. The lowest BCUT2D eigenvalue weighted by Gasteiger charge is -2.11. The summed E-state index contributed by atoms with van der Waals surface area (Å²) in [5.74, 6) is 0.0382. The van der Waals surface area contributed by atoms with Gasteiger partial charge in [-0.3, -0.25) is 9.78 Å². The van der Waals surface area contributed by atoms with Gasteiger partial charge in [-0.1, -0.05) is 18.5 Å². The maximum atomic E-state index is 11.9. The van der Waals surface area contributed by atoms with Crippen LogP contribution >= 0.6 is 11.6 Å². The lowest BCUT2D eigenvalue weighted by Crippen LogP contribution is -2.03. The van der Waals surface area contributed by atoms with Crippen molar-refractivity contribution >= 4 is 33.7 Å². The summed E-state index contributed by atoms with van der Waals surface area (Å²) in [4.78, 5) is 20.4. The Morgan fingerprint density at radius 2 is 2.04 bits per heavy atom. The van der Waals surface area contributed by atoms with Gasteiger partial charge in [0.25, 0.3) is 0 Å². The van der Waals surface area contributed by atoms with Gasteiger partial charge in [-0.2, -0.15) is 5.10 Å². The molecule has 4 aromatic rings. The molecule has 4 heterocycles. The Morgan fingerprint density at radius 1 is 1.20 bits per heavy atom. The van der Waals surface area contributed by atoms with Gasteiger partial charge in [0.15, 0.2) is 5.78 Å². The number of Topliss-reactive ketones (excluding diaryl/α,β-unsaturated/α-hetero) is 1. The molecule has 0 aliphatic carbocycles. The van der Waals surface area contributed by atoms with E-state index in [0.29, 0.717) is 17.3 Å². The molecule has 5 nitrogen and oxygen atoms in total. The van der Waals surface area contributed by atoms with E-state index in [0.717, 1.165) is 33.1 Å². The van der Waals surface area contributed by atoms with Crippen molar-refractivity contribution in [1.82, 2.24) is 19.6 Å². The first-order chi connectivity index (χ1) is 12.1. The molecule has 4 rings (SSSR count). The fourth-order valence-electron chi connectivity index (χ4n) is 3.03. The topological polar surface area (TPSA) is 60.2 Å². The van der Waals surface area contributed by atoms with Crippen molar-refractivity contribution in [3.8, 4) is 11.3 Å². The molecule has 0 unspecified atom stereocenters. The molecule has 0 spiro atoms. The molecule has 0 bridgehead atoms. The summed E-state index contributed by atoms with van der Waals surface area (Å²) in [7, 11) is 0. The summed E-state index contributed by atoms with van der Waals surface area (Å²) in [6.45, 7) is 3.81. The van der Waals surface area contributed by atoms with Crippen molar-refractivity contribution in [1.29, 1.82) is 0 Å². The Hall–Kier alpha value is -2.79. The number of aryl methyl sites for hydroxylation is 1.